The first-order valence-corrected chi connectivity index (χ1v) is 10.6. The third-order valence-corrected chi connectivity index (χ3v) is 5.62. The van der Waals surface area contributed by atoms with E-state index in [0.29, 0.717) is 19.0 Å². The molecule has 0 aliphatic carbocycles. The lowest BCUT2D eigenvalue weighted by atomic mass is 9.96. The van der Waals surface area contributed by atoms with Gasteiger partial charge in [-0.3, -0.25) is 9.79 Å². The van der Waals surface area contributed by atoms with Crippen molar-refractivity contribution in [3.8, 4) is 5.75 Å². The Kier molecular flexibility index (Phi) is 7.70. The lowest BCUT2D eigenvalue weighted by Gasteiger charge is -2.32. The molecule has 0 radical (unpaired) electrons. The number of guanidine groups is 1. The highest BCUT2D eigenvalue weighted by Gasteiger charge is 2.24. The van der Waals surface area contributed by atoms with Gasteiger partial charge in [0.25, 0.3) is 0 Å². The fourth-order valence-corrected chi connectivity index (χ4v) is 3.81. The first-order valence-electron chi connectivity index (χ1n) is 10.6. The number of pyridine rings is 1. The third kappa shape index (κ3) is 5.87. The number of ether oxygens (including phenoxy) is 1. The molecule has 0 saturated carbocycles. The smallest absolute Gasteiger partial charge is 0.220 e. The summed E-state index contributed by atoms with van der Waals surface area (Å²) in [5, 5.41) is 6.71. The average Bonchev–Trinajstić information content (AvgIpc) is 2.80. The number of carbonyl (C=O) groups is 1. The minimum absolute atomic E-state index is 0.0386. The highest BCUT2D eigenvalue weighted by atomic mass is 16.5. The van der Waals surface area contributed by atoms with Crippen LogP contribution in [0.25, 0.3) is 0 Å². The van der Waals surface area contributed by atoms with Crippen LogP contribution in [-0.2, 0) is 17.9 Å². The van der Waals surface area contributed by atoms with Gasteiger partial charge in [0.2, 0.25) is 5.91 Å². The van der Waals surface area contributed by atoms with E-state index in [1.165, 1.54) is 0 Å². The summed E-state index contributed by atoms with van der Waals surface area (Å²) in [5.41, 5.74) is 8.77. The second-order valence-corrected chi connectivity index (χ2v) is 7.74. The molecule has 1 fully saturated rings. The van der Waals surface area contributed by atoms with Crippen LogP contribution in [0.4, 0.5) is 5.82 Å². The van der Waals surface area contributed by atoms with E-state index in [-0.39, 0.29) is 11.8 Å². The van der Waals surface area contributed by atoms with Crippen molar-refractivity contribution in [3.05, 3.63) is 53.2 Å². The molecular formula is C23H32N6O2. The topological polar surface area (TPSA) is 105 Å². The van der Waals surface area contributed by atoms with E-state index in [2.05, 4.69) is 43.7 Å². The molecule has 0 atom stereocenters. The molecular weight excluding hydrogens is 392 g/mol. The lowest BCUT2D eigenvalue weighted by Crippen LogP contribution is -2.40. The molecule has 8 nitrogen and oxygen atoms in total. The van der Waals surface area contributed by atoms with Gasteiger partial charge in [-0.1, -0.05) is 18.2 Å². The number of hydrogen-bond acceptors (Lipinski definition) is 5. The molecule has 3 rings (SSSR count). The maximum Gasteiger partial charge on any atom is 0.220 e. The molecule has 2 heterocycles. The van der Waals surface area contributed by atoms with Gasteiger partial charge in [0.15, 0.2) is 5.96 Å². The Morgan fingerprint density at radius 1 is 1.23 bits per heavy atom. The number of hydrogen-bond donors (Lipinski definition) is 3. The summed E-state index contributed by atoms with van der Waals surface area (Å²) in [5.74, 6) is 2.25. The number of nitrogens with one attached hydrogen (secondary N) is 2. The highest BCUT2D eigenvalue weighted by molar-refractivity contribution is 5.80. The largest absolute Gasteiger partial charge is 0.496 e. The van der Waals surface area contributed by atoms with Crippen LogP contribution < -0.4 is 26.0 Å². The molecule has 166 valence electrons. The maximum absolute atomic E-state index is 11.4. The second kappa shape index (κ2) is 10.7. The van der Waals surface area contributed by atoms with Crippen molar-refractivity contribution in [1.29, 1.82) is 0 Å². The zero-order valence-corrected chi connectivity index (χ0v) is 18.5. The average molecular weight is 425 g/mol. The molecule has 8 heteroatoms. The Hall–Kier alpha value is -3.29. The van der Waals surface area contributed by atoms with Crippen LogP contribution >= 0.6 is 0 Å². The predicted octanol–water partition coefficient (Wildman–Crippen LogP) is 1.97. The maximum atomic E-state index is 11.4. The fraction of sp³-hybridized carbons (Fsp3) is 0.435. The summed E-state index contributed by atoms with van der Waals surface area (Å²) in [7, 11) is 3.43. The van der Waals surface area contributed by atoms with Crippen LogP contribution in [0.3, 0.4) is 0 Å². The number of aryl methyl sites for hydroxylation is 1. The van der Waals surface area contributed by atoms with Crippen LogP contribution in [-0.4, -0.2) is 44.1 Å². The number of aromatic nitrogens is 1. The van der Waals surface area contributed by atoms with E-state index in [0.717, 1.165) is 54.2 Å². The first-order chi connectivity index (χ1) is 15.0. The van der Waals surface area contributed by atoms with E-state index in [9.17, 15) is 4.79 Å². The van der Waals surface area contributed by atoms with Crippen LogP contribution in [0.5, 0.6) is 5.75 Å². The number of methoxy groups -OCH3 is 1. The number of benzene rings is 1. The summed E-state index contributed by atoms with van der Waals surface area (Å²) in [6.07, 6.45) is 3.33. The molecule has 1 amide bonds. The van der Waals surface area contributed by atoms with Gasteiger partial charge in [0, 0.05) is 56.5 Å². The van der Waals surface area contributed by atoms with Crippen LogP contribution in [0.1, 0.15) is 29.5 Å². The lowest BCUT2D eigenvalue weighted by molar-refractivity contribution is -0.122. The normalized spacial score (nSPS) is 14.9. The SMILES string of the molecule is CN=C(NCc1ccc(C)cc1OC)NCc1cccnc1N1CCC(C(N)=O)CC1. The molecule has 1 aliphatic rings. The van der Waals surface area contributed by atoms with Crippen molar-refractivity contribution < 1.29 is 9.53 Å². The number of carbonyl (C=O) groups excluding carboxylic acids is 1. The Morgan fingerprint density at radius 3 is 2.58 bits per heavy atom. The number of piperidine rings is 1. The number of nitrogens with two attached hydrogens (primary N) is 1. The zero-order valence-electron chi connectivity index (χ0n) is 18.5. The molecule has 0 unspecified atom stereocenters. The van der Waals surface area contributed by atoms with Crippen LogP contribution in [0.15, 0.2) is 41.5 Å². The second-order valence-electron chi connectivity index (χ2n) is 7.74. The third-order valence-electron chi connectivity index (χ3n) is 5.62. The van der Waals surface area contributed by atoms with Gasteiger partial charge in [-0.25, -0.2) is 4.98 Å². The highest BCUT2D eigenvalue weighted by Crippen LogP contribution is 2.24. The van der Waals surface area contributed by atoms with Gasteiger partial charge in [-0.05, 0) is 37.5 Å². The molecule has 2 aromatic rings. The first kappa shape index (κ1) is 22.4. The molecule has 1 aromatic heterocycles. The van der Waals surface area contributed by atoms with E-state index in [1.807, 2.05) is 19.1 Å². The Balaban J connectivity index is 1.60. The van der Waals surface area contributed by atoms with E-state index >= 15 is 0 Å². The molecule has 1 aliphatic heterocycles. The number of aliphatic imine (C=N–C) groups is 1. The van der Waals surface area contributed by atoms with E-state index in [1.54, 1.807) is 20.4 Å². The van der Waals surface area contributed by atoms with Gasteiger partial charge in [-0.2, -0.15) is 0 Å². The van der Waals surface area contributed by atoms with Crippen molar-refractivity contribution in [2.75, 3.05) is 32.1 Å². The molecule has 1 aromatic carbocycles. The molecule has 31 heavy (non-hydrogen) atoms. The van der Waals surface area contributed by atoms with Crippen molar-refractivity contribution in [2.24, 2.45) is 16.6 Å². The van der Waals surface area contributed by atoms with Gasteiger partial charge in [0.1, 0.15) is 11.6 Å². The monoisotopic (exact) mass is 424 g/mol. The number of primary amides is 1. The standard InChI is InChI=1S/C23H32N6O2/c1-16-6-7-18(20(13-16)31-3)14-27-23(25-2)28-15-19-5-4-10-26-22(19)29-11-8-17(9-12-29)21(24)30/h4-7,10,13,17H,8-9,11-12,14-15H2,1-3H3,(H2,24,30)(H2,25,27,28). The van der Waals surface area contributed by atoms with Crippen molar-refractivity contribution in [3.63, 3.8) is 0 Å². The Morgan fingerprint density at radius 2 is 1.94 bits per heavy atom. The summed E-state index contributed by atoms with van der Waals surface area (Å²) >= 11 is 0. The predicted molar refractivity (Wildman–Crippen MR) is 123 cm³/mol. The van der Waals surface area contributed by atoms with Gasteiger partial charge < -0.3 is 26.0 Å². The minimum Gasteiger partial charge on any atom is -0.496 e. The molecule has 0 spiro atoms. The summed E-state index contributed by atoms with van der Waals surface area (Å²) in [6.45, 7) is 4.78. The minimum atomic E-state index is -0.206. The summed E-state index contributed by atoms with van der Waals surface area (Å²) in [4.78, 5) is 22.6. The number of rotatable bonds is 7. The molecule has 4 N–H and O–H groups in total. The molecule has 0 bridgehead atoms. The van der Waals surface area contributed by atoms with Crippen molar-refractivity contribution in [2.45, 2.75) is 32.9 Å². The number of amides is 1. The quantitative estimate of drug-likeness (QED) is 0.464. The van der Waals surface area contributed by atoms with Crippen LogP contribution in [0.2, 0.25) is 0 Å². The van der Waals surface area contributed by atoms with Crippen LogP contribution in [0, 0.1) is 12.8 Å². The van der Waals surface area contributed by atoms with Crippen molar-refractivity contribution >= 4 is 17.7 Å². The van der Waals surface area contributed by atoms with Gasteiger partial charge >= 0.3 is 0 Å². The fourth-order valence-electron chi connectivity index (χ4n) is 3.81. The van der Waals surface area contributed by atoms with Gasteiger partial charge in [-0.15, -0.1) is 0 Å². The Bertz CT molecular complexity index is 922. The van der Waals surface area contributed by atoms with E-state index < -0.39 is 0 Å². The summed E-state index contributed by atoms with van der Waals surface area (Å²) in [6, 6.07) is 10.1. The van der Waals surface area contributed by atoms with E-state index in [4.69, 9.17) is 10.5 Å². The number of nitrogens with zero attached hydrogens (tertiary/aromatic N) is 3. The zero-order chi connectivity index (χ0) is 22.2. The van der Waals surface area contributed by atoms with Gasteiger partial charge in [0.05, 0.1) is 7.11 Å². The summed E-state index contributed by atoms with van der Waals surface area (Å²) < 4.78 is 5.48. The molecule has 1 saturated heterocycles. The Labute approximate surface area is 183 Å². The number of anilines is 1. The van der Waals surface area contributed by atoms with Crippen molar-refractivity contribution in [1.82, 2.24) is 15.6 Å².